The predicted octanol–water partition coefficient (Wildman–Crippen LogP) is 5.83. The van der Waals surface area contributed by atoms with Gasteiger partial charge in [0.2, 0.25) is 5.91 Å². The van der Waals surface area contributed by atoms with E-state index in [-0.39, 0.29) is 35.6 Å². The Morgan fingerprint density at radius 3 is 2.47 bits per heavy atom. The van der Waals surface area contributed by atoms with E-state index in [2.05, 4.69) is 20.4 Å². The first-order valence-corrected chi connectivity index (χ1v) is 11.9. The highest BCUT2D eigenvalue weighted by Crippen LogP contribution is 2.44. The summed E-state index contributed by atoms with van der Waals surface area (Å²) >= 11 is 6.12. The van der Waals surface area contributed by atoms with E-state index in [4.69, 9.17) is 17.3 Å². The van der Waals surface area contributed by atoms with Crippen LogP contribution >= 0.6 is 11.6 Å². The van der Waals surface area contributed by atoms with Crippen LogP contribution in [0.25, 0.3) is 16.9 Å². The summed E-state index contributed by atoms with van der Waals surface area (Å²) in [6, 6.07) is 13.7. The minimum atomic E-state index is -5.63. The highest BCUT2D eigenvalue weighted by Gasteiger charge is 2.56. The van der Waals surface area contributed by atoms with Gasteiger partial charge in [-0.3, -0.25) is 4.79 Å². The number of alkyl halides is 5. The molecule has 1 atom stereocenters. The Morgan fingerprint density at radius 1 is 1.08 bits per heavy atom. The number of anilines is 2. The summed E-state index contributed by atoms with van der Waals surface area (Å²) in [5.74, 6) is -4.96. The predicted molar refractivity (Wildman–Crippen MR) is 132 cm³/mol. The molecule has 0 saturated carbocycles. The summed E-state index contributed by atoms with van der Waals surface area (Å²) in [6.07, 6.45) is -7.69. The van der Waals surface area contributed by atoms with Gasteiger partial charge in [0.1, 0.15) is 17.1 Å². The van der Waals surface area contributed by atoms with Crippen LogP contribution in [0.4, 0.5) is 33.6 Å². The molecule has 0 fully saturated rings. The second-order valence-corrected chi connectivity index (χ2v) is 9.59. The normalized spacial score (nSPS) is 17.6. The largest absolute Gasteiger partial charge is 0.453 e. The fourth-order valence-electron chi connectivity index (χ4n) is 4.65. The van der Waals surface area contributed by atoms with E-state index in [1.807, 2.05) is 6.07 Å². The lowest BCUT2D eigenvalue weighted by Crippen LogP contribution is -2.36. The summed E-state index contributed by atoms with van der Waals surface area (Å²) in [6.45, 7) is 1.71. The second-order valence-electron chi connectivity index (χ2n) is 9.15. The van der Waals surface area contributed by atoms with Crippen LogP contribution in [0.1, 0.15) is 36.6 Å². The van der Waals surface area contributed by atoms with Gasteiger partial charge in [0, 0.05) is 16.8 Å². The third kappa shape index (κ3) is 4.12. The number of halogens is 6. The maximum Gasteiger partial charge on any atom is 0.453 e. The van der Waals surface area contributed by atoms with Gasteiger partial charge in [-0.1, -0.05) is 41.9 Å². The monoisotopic (exact) mass is 550 g/mol. The van der Waals surface area contributed by atoms with Gasteiger partial charge in [0.25, 0.3) is 5.95 Å². The van der Waals surface area contributed by atoms with Crippen molar-refractivity contribution in [3.8, 4) is 5.95 Å². The lowest BCUT2D eigenvalue weighted by Gasteiger charge is -2.23. The van der Waals surface area contributed by atoms with Gasteiger partial charge in [-0.15, -0.1) is 0 Å². The Balaban J connectivity index is 1.55. The molecule has 4 aromatic rings. The lowest BCUT2D eigenvalue weighted by molar-refractivity contribution is -0.284. The molecule has 0 spiro atoms. The summed E-state index contributed by atoms with van der Waals surface area (Å²) in [4.78, 5) is 21.9. The minimum Gasteiger partial charge on any atom is -0.383 e. The fourth-order valence-corrected chi connectivity index (χ4v) is 4.82. The number of nitrogens with zero attached hydrogens (tertiary/aromatic N) is 4. The number of fused-ring (bicyclic) bond motifs is 2. The number of carbonyl (C=O) groups excluding carboxylic acids is 1. The first-order chi connectivity index (χ1) is 17.8. The van der Waals surface area contributed by atoms with Gasteiger partial charge < -0.3 is 11.1 Å². The molecule has 1 amide bonds. The van der Waals surface area contributed by atoms with Crippen LogP contribution < -0.4 is 11.1 Å². The van der Waals surface area contributed by atoms with E-state index in [1.165, 1.54) is 10.7 Å². The second kappa shape index (κ2) is 8.90. The number of hydrogen-bond donors (Lipinski definition) is 2. The van der Waals surface area contributed by atoms with Gasteiger partial charge in [0.05, 0.1) is 16.8 Å². The van der Waals surface area contributed by atoms with Crippen LogP contribution in [-0.4, -0.2) is 37.8 Å². The first-order valence-electron chi connectivity index (χ1n) is 11.5. The topological polar surface area (TPSA) is 98.7 Å². The van der Waals surface area contributed by atoms with Crippen molar-refractivity contribution in [3.05, 3.63) is 70.4 Å². The third-order valence-corrected chi connectivity index (χ3v) is 6.92. The van der Waals surface area contributed by atoms with Crippen molar-refractivity contribution in [2.24, 2.45) is 0 Å². The quantitative estimate of drug-likeness (QED) is 0.294. The zero-order valence-corrected chi connectivity index (χ0v) is 20.5. The number of aromatic nitrogens is 4. The van der Waals surface area contributed by atoms with Crippen molar-refractivity contribution in [2.45, 2.75) is 43.7 Å². The van der Waals surface area contributed by atoms with E-state index < -0.39 is 30.4 Å². The molecule has 3 heterocycles. The van der Waals surface area contributed by atoms with Gasteiger partial charge in [-0.25, -0.2) is 0 Å². The summed E-state index contributed by atoms with van der Waals surface area (Å²) in [5, 5.41) is 7.90. The number of nitrogens with one attached hydrogen (secondary N) is 1. The average molecular weight is 551 g/mol. The SMILES string of the molecule is CC1(c2ccccc2)C(=O)Nc2nc(-n3nc(CCCC(F)(F)C(F)(F)F)c4cc(Cl)ccc43)nc(N)c21. The van der Waals surface area contributed by atoms with Crippen LogP contribution in [0.5, 0.6) is 0 Å². The number of nitrogens with two attached hydrogens (primary N) is 1. The molecule has 0 bridgehead atoms. The Morgan fingerprint density at radius 2 is 1.79 bits per heavy atom. The molecule has 5 rings (SSSR count). The third-order valence-electron chi connectivity index (χ3n) is 6.69. The minimum absolute atomic E-state index is 0.0157. The molecule has 1 unspecified atom stereocenters. The number of amides is 1. The fraction of sp³-hybridized carbons (Fsp3) is 0.280. The molecule has 2 aromatic heterocycles. The maximum atomic E-state index is 13.4. The van der Waals surface area contributed by atoms with Crippen molar-refractivity contribution in [2.75, 3.05) is 11.1 Å². The molecule has 198 valence electrons. The van der Waals surface area contributed by atoms with Gasteiger partial charge in [0.15, 0.2) is 0 Å². The molecule has 0 saturated heterocycles. The van der Waals surface area contributed by atoms with Crippen LogP contribution in [0.3, 0.4) is 0 Å². The molecule has 0 radical (unpaired) electrons. The van der Waals surface area contributed by atoms with E-state index in [1.54, 1.807) is 43.3 Å². The molecular formula is C25H20ClF5N6O. The van der Waals surface area contributed by atoms with Gasteiger partial charge >= 0.3 is 12.1 Å². The zero-order valence-electron chi connectivity index (χ0n) is 19.8. The standard InChI is InChI=1S/C25H20ClF5N6O/c1-23(13-6-3-2-4-7-13)18-19(32)33-22(35-20(18)34-21(23)38)37-17-10-9-14(26)12-15(17)16(36-37)8-5-11-24(27,28)25(29,30)31/h2-4,6-7,9-10,12H,5,8,11H2,1H3,(H3,32,33,34,35,38). The Hall–Kier alpha value is -3.80. The lowest BCUT2D eigenvalue weighted by atomic mass is 9.78. The van der Waals surface area contributed by atoms with E-state index in [9.17, 15) is 26.7 Å². The molecule has 2 aromatic carbocycles. The molecule has 13 heteroatoms. The van der Waals surface area contributed by atoms with E-state index in [0.29, 0.717) is 27.1 Å². The first kappa shape index (κ1) is 25.8. The molecule has 1 aliphatic heterocycles. The number of rotatable bonds is 6. The number of benzene rings is 2. The van der Waals surface area contributed by atoms with Crippen molar-refractivity contribution < 1.29 is 26.7 Å². The van der Waals surface area contributed by atoms with Crippen LogP contribution in [0.15, 0.2) is 48.5 Å². The summed E-state index contributed by atoms with van der Waals surface area (Å²) in [5.41, 5.74) is 6.94. The van der Waals surface area contributed by atoms with Crippen molar-refractivity contribution >= 4 is 40.0 Å². The Labute approximate surface area is 217 Å². The number of nitrogen functional groups attached to an aromatic ring is 1. The summed E-state index contributed by atoms with van der Waals surface area (Å²) in [7, 11) is 0. The van der Waals surface area contributed by atoms with Crippen LogP contribution in [0, 0.1) is 0 Å². The molecule has 1 aliphatic rings. The van der Waals surface area contributed by atoms with Crippen molar-refractivity contribution in [3.63, 3.8) is 0 Å². The van der Waals surface area contributed by atoms with E-state index >= 15 is 0 Å². The summed E-state index contributed by atoms with van der Waals surface area (Å²) < 4.78 is 65.9. The highest BCUT2D eigenvalue weighted by atomic mass is 35.5. The zero-order chi connectivity index (χ0) is 27.5. The maximum absolute atomic E-state index is 13.4. The molecular weight excluding hydrogens is 531 g/mol. The van der Waals surface area contributed by atoms with Crippen molar-refractivity contribution in [1.29, 1.82) is 0 Å². The van der Waals surface area contributed by atoms with Gasteiger partial charge in [-0.2, -0.15) is 41.7 Å². The highest BCUT2D eigenvalue weighted by molar-refractivity contribution is 6.31. The number of aryl methyl sites for hydroxylation is 1. The smallest absolute Gasteiger partial charge is 0.383 e. The average Bonchev–Trinajstić information content (AvgIpc) is 3.33. The molecule has 7 nitrogen and oxygen atoms in total. The molecule has 3 N–H and O–H groups in total. The molecule has 0 aliphatic carbocycles. The number of carbonyl (C=O) groups is 1. The van der Waals surface area contributed by atoms with Gasteiger partial charge in [-0.05, 0) is 43.5 Å². The van der Waals surface area contributed by atoms with E-state index in [0.717, 1.165) is 0 Å². The molecule has 38 heavy (non-hydrogen) atoms. The Bertz CT molecular complexity index is 1560. The van der Waals surface area contributed by atoms with Crippen molar-refractivity contribution in [1.82, 2.24) is 19.7 Å². The van der Waals surface area contributed by atoms with Crippen LogP contribution in [-0.2, 0) is 16.6 Å². The number of hydrogen-bond acceptors (Lipinski definition) is 5. The van der Waals surface area contributed by atoms with Crippen LogP contribution in [0.2, 0.25) is 5.02 Å². The Kier molecular flexibility index (Phi) is 6.05.